The SMILES string of the molecule is Cc1cc(Cl)ccc1C(=O)NC1CCCC1C(=O)O. The zero-order valence-corrected chi connectivity index (χ0v) is 11.4. The van der Waals surface area contributed by atoms with Crippen LogP contribution in [-0.4, -0.2) is 23.0 Å². The lowest BCUT2D eigenvalue weighted by atomic mass is 10.0. The number of carboxylic acid groups (broad SMARTS) is 1. The van der Waals surface area contributed by atoms with Gasteiger partial charge in [-0.25, -0.2) is 0 Å². The molecule has 0 saturated heterocycles. The number of aliphatic carboxylic acids is 1. The lowest BCUT2D eigenvalue weighted by Crippen LogP contribution is -2.40. The summed E-state index contributed by atoms with van der Waals surface area (Å²) in [5.41, 5.74) is 1.33. The molecule has 1 fully saturated rings. The molecule has 0 heterocycles. The Labute approximate surface area is 116 Å². The summed E-state index contributed by atoms with van der Waals surface area (Å²) in [6.07, 6.45) is 2.18. The van der Waals surface area contributed by atoms with Crippen LogP contribution in [0.1, 0.15) is 35.2 Å². The number of carbonyl (C=O) groups excluding carboxylic acids is 1. The Hall–Kier alpha value is -1.55. The van der Waals surface area contributed by atoms with Gasteiger partial charge in [0.15, 0.2) is 0 Å². The summed E-state index contributed by atoms with van der Waals surface area (Å²) in [5, 5.41) is 12.5. The van der Waals surface area contributed by atoms with Crippen molar-refractivity contribution in [3.8, 4) is 0 Å². The van der Waals surface area contributed by atoms with Crippen molar-refractivity contribution in [2.24, 2.45) is 5.92 Å². The molecule has 0 aromatic heterocycles. The van der Waals surface area contributed by atoms with Crippen molar-refractivity contribution in [2.75, 3.05) is 0 Å². The number of nitrogens with one attached hydrogen (secondary N) is 1. The molecule has 19 heavy (non-hydrogen) atoms. The van der Waals surface area contributed by atoms with E-state index in [-0.39, 0.29) is 11.9 Å². The molecule has 2 unspecified atom stereocenters. The standard InChI is InChI=1S/C14H16ClNO3/c1-8-7-9(15)5-6-10(8)13(17)16-12-4-2-3-11(12)14(18)19/h5-7,11-12H,2-4H2,1H3,(H,16,17)(H,18,19). The molecule has 1 amide bonds. The molecular formula is C14H16ClNO3. The summed E-state index contributed by atoms with van der Waals surface area (Å²) in [7, 11) is 0. The smallest absolute Gasteiger partial charge is 0.308 e. The number of hydrogen-bond donors (Lipinski definition) is 2. The Morgan fingerprint density at radius 2 is 2.11 bits per heavy atom. The van der Waals surface area contributed by atoms with E-state index in [1.54, 1.807) is 18.2 Å². The van der Waals surface area contributed by atoms with Crippen LogP contribution in [0.5, 0.6) is 0 Å². The molecule has 1 saturated carbocycles. The largest absolute Gasteiger partial charge is 0.481 e. The van der Waals surface area contributed by atoms with Crippen molar-refractivity contribution in [1.82, 2.24) is 5.32 Å². The predicted molar refractivity (Wildman–Crippen MR) is 72.4 cm³/mol. The Bertz CT molecular complexity index is 515. The van der Waals surface area contributed by atoms with Crippen LogP contribution in [0.15, 0.2) is 18.2 Å². The summed E-state index contributed by atoms with van der Waals surface area (Å²) < 4.78 is 0. The summed E-state index contributed by atoms with van der Waals surface area (Å²) in [6.45, 7) is 1.81. The van der Waals surface area contributed by atoms with E-state index in [4.69, 9.17) is 16.7 Å². The average molecular weight is 282 g/mol. The van der Waals surface area contributed by atoms with Gasteiger partial charge in [-0.1, -0.05) is 18.0 Å². The fraction of sp³-hybridized carbons (Fsp3) is 0.429. The van der Waals surface area contributed by atoms with Crippen molar-refractivity contribution in [2.45, 2.75) is 32.2 Å². The zero-order valence-electron chi connectivity index (χ0n) is 10.6. The van der Waals surface area contributed by atoms with E-state index >= 15 is 0 Å². The van der Waals surface area contributed by atoms with E-state index in [0.717, 1.165) is 18.4 Å². The molecule has 0 bridgehead atoms. The molecule has 5 heteroatoms. The monoisotopic (exact) mass is 281 g/mol. The second-order valence-corrected chi connectivity index (χ2v) is 5.35. The maximum Gasteiger partial charge on any atom is 0.308 e. The summed E-state index contributed by atoms with van der Waals surface area (Å²) in [6, 6.07) is 4.77. The van der Waals surface area contributed by atoms with E-state index in [9.17, 15) is 9.59 Å². The predicted octanol–water partition coefficient (Wildman–Crippen LogP) is 2.63. The van der Waals surface area contributed by atoms with Crippen molar-refractivity contribution < 1.29 is 14.7 Å². The number of halogens is 1. The minimum atomic E-state index is -0.837. The van der Waals surface area contributed by atoms with Crippen molar-refractivity contribution in [3.05, 3.63) is 34.3 Å². The molecule has 2 N–H and O–H groups in total. The highest BCUT2D eigenvalue weighted by molar-refractivity contribution is 6.30. The van der Waals surface area contributed by atoms with E-state index < -0.39 is 11.9 Å². The van der Waals surface area contributed by atoms with Crippen molar-refractivity contribution in [3.63, 3.8) is 0 Å². The molecular weight excluding hydrogens is 266 g/mol. The van der Waals surface area contributed by atoms with Crippen LogP contribution >= 0.6 is 11.6 Å². The Morgan fingerprint density at radius 3 is 2.74 bits per heavy atom. The fourth-order valence-corrected chi connectivity index (χ4v) is 2.78. The first-order chi connectivity index (χ1) is 8.99. The van der Waals surface area contributed by atoms with Crippen LogP contribution < -0.4 is 5.32 Å². The number of rotatable bonds is 3. The minimum absolute atomic E-state index is 0.229. The van der Waals surface area contributed by atoms with Crippen LogP contribution in [-0.2, 0) is 4.79 Å². The molecule has 0 radical (unpaired) electrons. The van der Waals surface area contributed by atoms with Gasteiger partial charge in [0.1, 0.15) is 0 Å². The minimum Gasteiger partial charge on any atom is -0.481 e. The highest BCUT2D eigenvalue weighted by atomic mass is 35.5. The molecule has 0 aliphatic heterocycles. The number of amides is 1. The second kappa shape index (κ2) is 5.61. The lowest BCUT2D eigenvalue weighted by Gasteiger charge is -2.18. The molecule has 2 rings (SSSR count). The van der Waals surface area contributed by atoms with Gasteiger partial charge < -0.3 is 10.4 Å². The number of benzene rings is 1. The van der Waals surface area contributed by atoms with Crippen LogP contribution in [0.2, 0.25) is 5.02 Å². The summed E-state index contributed by atoms with van der Waals surface area (Å²) in [5.74, 6) is -1.54. The quantitative estimate of drug-likeness (QED) is 0.895. The first-order valence-corrected chi connectivity index (χ1v) is 6.66. The molecule has 2 atom stereocenters. The van der Waals surface area contributed by atoms with Crippen LogP contribution in [0.4, 0.5) is 0 Å². The van der Waals surface area contributed by atoms with Gasteiger partial charge in [-0.2, -0.15) is 0 Å². The fourth-order valence-electron chi connectivity index (χ4n) is 2.56. The van der Waals surface area contributed by atoms with Crippen LogP contribution in [0.25, 0.3) is 0 Å². The van der Waals surface area contributed by atoms with E-state index in [1.807, 2.05) is 6.92 Å². The summed E-state index contributed by atoms with van der Waals surface area (Å²) in [4.78, 5) is 23.2. The van der Waals surface area contributed by atoms with Gasteiger partial charge in [-0.05, 0) is 43.5 Å². The van der Waals surface area contributed by atoms with Gasteiger partial charge >= 0.3 is 5.97 Å². The average Bonchev–Trinajstić information content (AvgIpc) is 2.76. The molecule has 1 aromatic rings. The molecule has 1 aliphatic carbocycles. The third-order valence-electron chi connectivity index (χ3n) is 3.58. The topological polar surface area (TPSA) is 66.4 Å². The maximum absolute atomic E-state index is 12.2. The van der Waals surface area contributed by atoms with Crippen LogP contribution in [0, 0.1) is 12.8 Å². The molecule has 1 aromatic carbocycles. The first-order valence-electron chi connectivity index (χ1n) is 6.29. The Morgan fingerprint density at radius 1 is 1.37 bits per heavy atom. The van der Waals surface area contributed by atoms with Gasteiger partial charge in [-0.15, -0.1) is 0 Å². The van der Waals surface area contributed by atoms with Crippen molar-refractivity contribution >= 4 is 23.5 Å². The number of carboxylic acids is 1. The highest BCUT2D eigenvalue weighted by Crippen LogP contribution is 2.26. The number of aryl methyl sites for hydroxylation is 1. The van der Waals surface area contributed by atoms with Gasteiger partial charge in [0.25, 0.3) is 5.91 Å². The highest BCUT2D eigenvalue weighted by Gasteiger charge is 2.34. The van der Waals surface area contributed by atoms with E-state index in [1.165, 1.54) is 0 Å². The number of hydrogen-bond acceptors (Lipinski definition) is 2. The van der Waals surface area contributed by atoms with Gasteiger partial charge in [0, 0.05) is 16.6 Å². The van der Waals surface area contributed by atoms with Gasteiger partial charge in [-0.3, -0.25) is 9.59 Å². The van der Waals surface area contributed by atoms with E-state index in [2.05, 4.69) is 5.32 Å². The third-order valence-corrected chi connectivity index (χ3v) is 3.82. The number of carbonyl (C=O) groups is 2. The molecule has 0 spiro atoms. The first kappa shape index (κ1) is 13.9. The Balaban J connectivity index is 2.10. The molecule has 1 aliphatic rings. The molecule has 102 valence electrons. The van der Waals surface area contributed by atoms with Gasteiger partial charge in [0.2, 0.25) is 0 Å². The maximum atomic E-state index is 12.2. The van der Waals surface area contributed by atoms with Crippen LogP contribution in [0.3, 0.4) is 0 Å². The zero-order chi connectivity index (χ0) is 14.0. The van der Waals surface area contributed by atoms with Crippen molar-refractivity contribution in [1.29, 1.82) is 0 Å². The molecule has 4 nitrogen and oxygen atoms in total. The second-order valence-electron chi connectivity index (χ2n) is 4.91. The Kier molecular flexibility index (Phi) is 4.10. The van der Waals surface area contributed by atoms with Gasteiger partial charge in [0.05, 0.1) is 5.92 Å². The third kappa shape index (κ3) is 3.07. The normalized spacial score (nSPS) is 22.2. The van der Waals surface area contributed by atoms with E-state index in [0.29, 0.717) is 17.0 Å². The lowest BCUT2D eigenvalue weighted by molar-refractivity contribution is -0.142. The summed E-state index contributed by atoms with van der Waals surface area (Å²) >= 11 is 5.85.